The van der Waals surface area contributed by atoms with Crippen molar-refractivity contribution < 1.29 is 9.53 Å². The van der Waals surface area contributed by atoms with Crippen LogP contribution in [0.5, 0.6) is 5.75 Å². The minimum absolute atomic E-state index is 0.167. The van der Waals surface area contributed by atoms with Crippen molar-refractivity contribution in [2.75, 3.05) is 11.1 Å². The van der Waals surface area contributed by atoms with Crippen molar-refractivity contribution >= 4 is 28.5 Å². The lowest BCUT2D eigenvalue weighted by Crippen LogP contribution is -2.28. The highest BCUT2D eigenvalue weighted by Gasteiger charge is 2.29. The number of amidine groups is 1. The Kier molecular flexibility index (Phi) is 6.28. The van der Waals surface area contributed by atoms with Crippen LogP contribution >= 0.6 is 11.8 Å². The van der Waals surface area contributed by atoms with Crippen molar-refractivity contribution in [2.45, 2.75) is 25.5 Å². The second-order valence-electron chi connectivity index (χ2n) is 7.66. The molecule has 0 aromatic heterocycles. The molecule has 3 aromatic rings. The second-order valence-corrected chi connectivity index (χ2v) is 8.77. The summed E-state index contributed by atoms with van der Waals surface area (Å²) in [5, 5.41) is 3.59. The van der Waals surface area contributed by atoms with Crippen LogP contribution in [0.3, 0.4) is 0 Å². The summed E-state index contributed by atoms with van der Waals surface area (Å²) in [7, 11) is 0. The highest BCUT2D eigenvalue weighted by molar-refractivity contribution is 8.13. The average molecular weight is 432 g/mol. The molecule has 0 saturated heterocycles. The van der Waals surface area contributed by atoms with Crippen molar-refractivity contribution in [2.24, 2.45) is 10.7 Å². The highest BCUT2D eigenvalue weighted by atomic mass is 32.2. The quantitative estimate of drug-likeness (QED) is 0.563. The first-order valence-corrected chi connectivity index (χ1v) is 11.2. The van der Waals surface area contributed by atoms with E-state index >= 15 is 0 Å². The van der Waals surface area contributed by atoms with Gasteiger partial charge in [0.1, 0.15) is 12.4 Å². The molecule has 0 radical (unpaired) electrons. The third-order valence-electron chi connectivity index (χ3n) is 5.30. The third-order valence-corrected chi connectivity index (χ3v) is 6.10. The van der Waals surface area contributed by atoms with Gasteiger partial charge in [-0.25, -0.2) is 0 Å². The van der Waals surface area contributed by atoms with Crippen molar-refractivity contribution in [1.29, 1.82) is 0 Å². The summed E-state index contributed by atoms with van der Waals surface area (Å²) in [6, 6.07) is 25.0. The van der Waals surface area contributed by atoms with Gasteiger partial charge in [-0.3, -0.25) is 9.79 Å². The minimum atomic E-state index is -0.367. The fraction of sp³-hybridized carbons (Fsp3) is 0.200. The van der Waals surface area contributed by atoms with Gasteiger partial charge >= 0.3 is 0 Å². The van der Waals surface area contributed by atoms with Gasteiger partial charge in [-0.1, -0.05) is 54.2 Å². The monoisotopic (exact) mass is 431 g/mol. The smallest absolute Gasteiger partial charge is 0.255 e. The van der Waals surface area contributed by atoms with E-state index in [1.807, 2.05) is 66.7 Å². The number of nitrogens with zero attached hydrogens (tertiary/aromatic N) is 1. The van der Waals surface area contributed by atoms with Gasteiger partial charge < -0.3 is 15.8 Å². The maximum atomic E-state index is 12.7. The molecule has 5 nitrogen and oxygen atoms in total. The van der Waals surface area contributed by atoms with Crippen molar-refractivity contribution in [3.8, 4) is 5.75 Å². The average Bonchev–Trinajstić information content (AvgIpc) is 2.79. The zero-order valence-electron chi connectivity index (χ0n) is 17.4. The van der Waals surface area contributed by atoms with Gasteiger partial charge in [0.2, 0.25) is 0 Å². The van der Waals surface area contributed by atoms with Crippen molar-refractivity contribution in [3.05, 3.63) is 95.6 Å². The predicted molar refractivity (Wildman–Crippen MR) is 128 cm³/mol. The number of anilines is 1. The number of rotatable bonds is 6. The molecule has 6 heteroatoms. The number of carbonyl (C=O) groups excluding carboxylic acids is 1. The first kappa shape index (κ1) is 21.0. The molecule has 1 aliphatic rings. The summed E-state index contributed by atoms with van der Waals surface area (Å²) in [6.45, 7) is 2.57. The highest BCUT2D eigenvalue weighted by Crippen LogP contribution is 2.35. The van der Waals surface area contributed by atoms with Gasteiger partial charge in [-0.05, 0) is 60.9 Å². The largest absolute Gasteiger partial charge is 0.489 e. The van der Waals surface area contributed by atoms with E-state index in [2.05, 4.69) is 17.2 Å². The Balaban J connectivity index is 1.41. The summed E-state index contributed by atoms with van der Waals surface area (Å²) in [6.07, 6.45) is 0.903. The van der Waals surface area contributed by atoms with Gasteiger partial charge in [0.05, 0.1) is 5.54 Å². The maximum absolute atomic E-state index is 12.7. The molecular weight excluding hydrogens is 406 g/mol. The summed E-state index contributed by atoms with van der Waals surface area (Å²) in [4.78, 5) is 17.4. The number of ether oxygens (including phenoxy) is 1. The van der Waals surface area contributed by atoms with E-state index in [4.69, 9.17) is 10.5 Å². The second kappa shape index (κ2) is 9.27. The zero-order chi connectivity index (χ0) is 21.7. The molecule has 1 unspecified atom stereocenters. The number of hydrogen-bond acceptors (Lipinski definition) is 5. The molecule has 3 N–H and O–H groups in total. The molecule has 1 heterocycles. The fourth-order valence-electron chi connectivity index (χ4n) is 3.47. The lowest BCUT2D eigenvalue weighted by Gasteiger charge is -2.30. The first-order chi connectivity index (χ1) is 15.0. The SMILES string of the molecule is CC1(c2cccc(NC(=O)c3ccc(OCc4ccccc4)cc3)c2)CCSC(N)=N1. The summed E-state index contributed by atoms with van der Waals surface area (Å²) in [5.74, 6) is 1.49. The Bertz CT molecular complexity index is 1080. The Morgan fingerprint density at radius 2 is 1.87 bits per heavy atom. The zero-order valence-corrected chi connectivity index (χ0v) is 18.2. The molecule has 1 aliphatic heterocycles. The van der Waals surface area contributed by atoms with Crippen LogP contribution in [0.4, 0.5) is 5.69 Å². The number of aliphatic imine (C=N–C) groups is 1. The van der Waals surface area contributed by atoms with Crippen LogP contribution in [0, 0.1) is 0 Å². The van der Waals surface area contributed by atoms with E-state index in [1.165, 1.54) is 0 Å². The topological polar surface area (TPSA) is 76.7 Å². The minimum Gasteiger partial charge on any atom is -0.489 e. The summed E-state index contributed by atoms with van der Waals surface area (Å²) in [5.41, 5.74) is 9.02. The molecule has 158 valence electrons. The summed E-state index contributed by atoms with van der Waals surface area (Å²) >= 11 is 1.58. The van der Waals surface area contributed by atoms with E-state index in [0.29, 0.717) is 17.3 Å². The Hall–Kier alpha value is -3.25. The number of benzene rings is 3. The van der Waals surface area contributed by atoms with E-state index in [9.17, 15) is 4.79 Å². The van der Waals surface area contributed by atoms with Crippen LogP contribution in [0.15, 0.2) is 83.9 Å². The molecule has 0 saturated carbocycles. The van der Waals surface area contributed by atoms with Crippen molar-refractivity contribution in [1.82, 2.24) is 0 Å². The Morgan fingerprint density at radius 3 is 2.61 bits per heavy atom. The van der Waals surface area contributed by atoms with Gasteiger partial charge in [-0.2, -0.15) is 0 Å². The molecule has 4 rings (SSSR count). The molecule has 0 fully saturated rings. The molecule has 0 bridgehead atoms. The van der Waals surface area contributed by atoms with Crippen LogP contribution in [0.2, 0.25) is 0 Å². The fourth-order valence-corrected chi connectivity index (χ4v) is 4.45. The summed E-state index contributed by atoms with van der Waals surface area (Å²) < 4.78 is 5.79. The number of carbonyl (C=O) groups is 1. The van der Waals surface area contributed by atoms with E-state index in [0.717, 1.165) is 34.7 Å². The lowest BCUT2D eigenvalue weighted by atomic mass is 9.89. The van der Waals surface area contributed by atoms with E-state index < -0.39 is 0 Å². The molecular formula is C25H25N3O2S. The molecule has 0 spiro atoms. The first-order valence-electron chi connectivity index (χ1n) is 10.2. The van der Waals surface area contributed by atoms with Gasteiger partial charge in [0.15, 0.2) is 5.17 Å². The van der Waals surface area contributed by atoms with Crippen LogP contribution in [0.25, 0.3) is 0 Å². The number of hydrogen-bond donors (Lipinski definition) is 2. The molecule has 0 aliphatic carbocycles. The van der Waals surface area contributed by atoms with E-state index in [-0.39, 0.29) is 11.4 Å². The van der Waals surface area contributed by atoms with Gasteiger partial charge in [-0.15, -0.1) is 0 Å². The van der Waals surface area contributed by atoms with Crippen LogP contribution in [-0.4, -0.2) is 16.8 Å². The number of amides is 1. The standard InChI is InChI=1S/C25H25N3O2S/c1-25(14-15-31-24(26)28-25)20-8-5-9-21(16-20)27-23(29)19-10-12-22(13-11-19)30-17-18-6-3-2-4-7-18/h2-13,16H,14-15,17H2,1H3,(H2,26,28)(H,27,29). The number of nitrogens with one attached hydrogen (secondary N) is 1. The molecule has 1 atom stereocenters. The molecule has 1 amide bonds. The molecule has 31 heavy (non-hydrogen) atoms. The maximum Gasteiger partial charge on any atom is 0.255 e. The van der Waals surface area contributed by atoms with Crippen molar-refractivity contribution in [3.63, 3.8) is 0 Å². The normalized spacial score (nSPS) is 18.2. The van der Waals surface area contributed by atoms with E-state index in [1.54, 1.807) is 23.9 Å². The third kappa shape index (κ3) is 5.27. The van der Waals surface area contributed by atoms with Crippen LogP contribution in [-0.2, 0) is 12.1 Å². The number of thioether (sulfide) groups is 1. The lowest BCUT2D eigenvalue weighted by molar-refractivity contribution is 0.102. The van der Waals surface area contributed by atoms with Crippen LogP contribution < -0.4 is 15.8 Å². The number of nitrogens with two attached hydrogens (primary N) is 1. The Labute approximate surface area is 186 Å². The van der Waals surface area contributed by atoms with Gasteiger partial charge in [0.25, 0.3) is 5.91 Å². The predicted octanol–water partition coefficient (Wildman–Crippen LogP) is 5.18. The van der Waals surface area contributed by atoms with Crippen LogP contribution in [0.1, 0.15) is 34.8 Å². The molecule has 3 aromatic carbocycles. The van der Waals surface area contributed by atoms with Gasteiger partial charge in [0, 0.05) is 17.0 Å². The Morgan fingerprint density at radius 1 is 1.10 bits per heavy atom.